The minimum Gasteiger partial charge on any atom is -0.465 e. The molecule has 1 aliphatic heterocycles. The first-order valence-corrected chi connectivity index (χ1v) is 15.4. The van der Waals surface area contributed by atoms with Crippen molar-refractivity contribution in [2.45, 2.75) is 90.0 Å². The summed E-state index contributed by atoms with van der Waals surface area (Å²) in [5, 5.41) is 17.2. The first-order valence-electron chi connectivity index (χ1n) is 13.9. The second-order valence-electron chi connectivity index (χ2n) is 9.90. The second kappa shape index (κ2) is 15.4. The highest BCUT2D eigenvalue weighted by atomic mass is 31.1. The Hall–Kier alpha value is -3.12. The maximum absolute atomic E-state index is 12.5. The fraction of sp³-hybridized carbons (Fsp3) is 0.654. The summed E-state index contributed by atoms with van der Waals surface area (Å²) in [4.78, 5) is 47.8. The number of fused-ring (bicyclic) bond motifs is 1. The number of nitrogens with two attached hydrogens (primary N) is 1. The second-order valence-corrected chi connectivity index (χ2v) is 11.5. The van der Waals surface area contributed by atoms with E-state index in [0.717, 1.165) is 25.7 Å². The zero-order valence-corrected chi connectivity index (χ0v) is 25.2. The first kappa shape index (κ1) is 33.4. The van der Waals surface area contributed by atoms with E-state index in [-0.39, 0.29) is 29.9 Å². The van der Waals surface area contributed by atoms with Gasteiger partial charge in [0.2, 0.25) is 11.7 Å². The number of aromatic amines is 1. The van der Waals surface area contributed by atoms with Gasteiger partial charge in [0.1, 0.15) is 18.2 Å². The Kier molecular flexibility index (Phi) is 12.2. The van der Waals surface area contributed by atoms with Crippen LogP contribution in [-0.4, -0.2) is 80.1 Å². The molecule has 3 unspecified atom stereocenters. The van der Waals surface area contributed by atoms with E-state index in [2.05, 4.69) is 31.0 Å². The summed E-state index contributed by atoms with van der Waals surface area (Å²) in [6.07, 6.45) is 7.86. The van der Waals surface area contributed by atoms with Gasteiger partial charge >= 0.3 is 11.9 Å². The zero-order valence-electron chi connectivity index (χ0n) is 24.3. The molecule has 232 valence electrons. The monoisotopic (exact) mass is 609 g/mol. The number of imidazole rings is 1. The van der Waals surface area contributed by atoms with Gasteiger partial charge in [-0.15, -0.1) is 6.42 Å². The Morgan fingerprint density at radius 3 is 2.40 bits per heavy atom. The molecule has 0 spiro atoms. The number of hydrogen-bond donors (Lipinski definition) is 5. The Balaban J connectivity index is 1.74. The van der Waals surface area contributed by atoms with E-state index < -0.39 is 55.9 Å². The van der Waals surface area contributed by atoms with Crippen molar-refractivity contribution in [1.29, 1.82) is 0 Å². The van der Waals surface area contributed by atoms with E-state index in [0.29, 0.717) is 13.2 Å². The van der Waals surface area contributed by atoms with Crippen LogP contribution in [0.15, 0.2) is 11.1 Å². The number of nitrogens with one attached hydrogen (secondary N) is 3. The van der Waals surface area contributed by atoms with Crippen LogP contribution in [0.5, 0.6) is 0 Å². The molecule has 0 aromatic carbocycles. The van der Waals surface area contributed by atoms with Crippen molar-refractivity contribution in [2.24, 2.45) is 0 Å². The average molecular weight is 610 g/mol. The molecular weight excluding hydrogens is 569 g/mol. The van der Waals surface area contributed by atoms with Gasteiger partial charge in [0, 0.05) is 6.42 Å². The van der Waals surface area contributed by atoms with E-state index in [9.17, 15) is 19.5 Å². The van der Waals surface area contributed by atoms with E-state index in [1.807, 2.05) is 13.8 Å². The molecule has 0 amide bonds. The smallest absolute Gasteiger partial charge is 0.323 e. The fourth-order valence-corrected chi connectivity index (χ4v) is 5.74. The molecule has 1 aliphatic rings. The van der Waals surface area contributed by atoms with Crippen LogP contribution in [0.2, 0.25) is 0 Å². The number of hydrogen-bond acceptors (Lipinski definition) is 13. The number of rotatable bonds is 16. The van der Waals surface area contributed by atoms with Gasteiger partial charge in [0.05, 0.1) is 34.1 Å². The minimum atomic E-state index is -1.69. The van der Waals surface area contributed by atoms with Gasteiger partial charge in [-0.2, -0.15) is 4.98 Å². The molecular formula is C26H40N7O8P. The predicted octanol–water partition coefficient (Wildman–Crippen LogP) is 1.24. The van der Waals surface area contributed by atoms with Crippen LogP contribution in [0, 0.1) is 12.3 Å². The van der Waals surface area contributed by atoms with E-state index in [1.165, 1.54) is 10.9 Å². The molecule has 3 heterocycles. The standard InChI is InChI=1S/C26H40N7O8P/c1-6-9-11-38-23(36)16(4)31-42(32-17(5)24(37)39-12-10-7-2)15-40-26(8-3)13-18(34)22(41-26)33-14-28-19-20(33)29-25(27)30-21(19)35/h3,14,16-18,22,31-32,34H,6-7,9-13,15H2,1-2,4-5H3,(H3,27,29,30,35)/t16-,17-,18?,22?,26?/m0/s1. The fourth-order valence-electron chi connectivity index (χ4n) is 4.03. The number of carbonyl (C=O) groups excluding carboxylic acids is 2. The third kappa shape index (κ3) is 8.47. The number of unbranched alkanes of at least 4 members (excludes halogenated alkanes) is 2. The van der Waals surface area contributed by atoms with Crippen LogP contribution < -0.4 is 21.5 Å². The first-order chi connectivity index (χ1) is 20.0. The van der Waals surface area contributed by atoms with Gasteiger partial charge < -0.3 is 29.8 Å². The number of nitrogen functional groups attached to an aromatic ring is 1. The van der Waals surface area contributed by atoms with E-state index in [4.69, 9.17) is 31.1 Å². The zero-order chi connectivity index (χ0) is 30.9. The van der Waals surface area contributed by atoms with Crippen LogP contribution in [0.1, 0.15) is 66.0 Å². The molecule has 1 fully saturated rings. The molecule has 3 rings (SSSR count). The summed E-state index contributed by atoms with van der Waals surface area (Å²) in [6.45, 7) is 7.86. The SMILES string of the molecule is C#CC1(OCP(N[C@@H](C)C(=O)OCCCC)N[C@@H](C)C(=O)OCCCC)CC(O)C(n2cnc3c(=O)[nH]c(N)nc32)O1. The molecule has 1 saturated heterocycles. The molecule has 2 aromatic heterocycles. The number of nitrogens with zero attached hydrogens (tertiary/aromatic N) is 3. The van der Waals surface area contributed by atoms with Crippen LogP contribution >= 0.6 is 8.22 Å². The van der Waals surface area contributed by atoms with Crippen molar-refractivity contribution in [1.82, 2.24) is 29.7 Å². The van der Waals surface area contributed by atoms with Gasteiger partial charge in [0.15, 0.2) is 17.4 Å². The van der Waals surface area contributed by atoms with Crippen LogP contribution in [0.4, 0.5) is 5.95 Å². The minimum absolute atomic E-state index is 0.00988. The number of aliphatic hydroxyl groups excluding tert-OH is 1. The van der Waals surface area contributed by atoms with Gasteiger partial charge in [0.25, 0.3) is 5.56 Å². The molecule has 0 bridgehead atoms. The van der Waals surface area contributed by atoms with Crippen molar-refractivity contribution in [3.8, 4) is 12.3 Å². The summed E-state index contributed by atoms with van der Waals surface area (Å²) in [7, 11) is -1.58. The largest absolute Gasteiger partial charge is 0.465 e. The maximum Gasteiger partial charge on any atom is 0.323 e. The summed E-state index contributed by atoms with van der Waals surface area (Å²) in [5.41, 5.74) is 5.26. The van der Waals surface area contributed by atoms with Gasteiger partial charge in [-0.05, 0) is 32.6 Å². The summed E-state index contributed by atoms with van der Waals surface area (Å²) in [6, 6.07) is -1.46. The Bertz CT molecular complexity index is 1280. The highest BCUT2D eigenvalue weighted by Crippen LogP contribution is 2.41. The van der Waals surface area contributed by atoms with Crippen LogP contribution in [-0.2, 0) is 28.5 Å². The molecule has 0 aliphatic carbocycles. The van der Waals surface area contributed by atoms with Crippen LogP contribution in [0.25, 0.3) is 11.2 Å². The number of aromatic nitrogens is 4. The van der Waals surface area contributed by atoms with Crippen molar-refractivity contribution >= 4 is 37.3 Å². The molecule has 42 heavy (non-hydrogen) atoms. The van der Waals surface area contributed by atoms with E-state index in [1.54, 1.807) is 13.8 Å². The maximum atomic E-state index is 12.5. The lowest BCUT2D eigenvalue weighted by atomic mass is 10.1. The van der Waals surface area contributed by atoms with Crippen molar-refractivity contribution < 1.29 is 33.6 Å². The highest BCUT2D eigenvalue weighted by Gasteiger charge is 2.48. The van der Waals surface area contributed by atoms with Crippen molar-refractivity contribution in [3.05, 3.63) is 16.7 Å². The molecule has 16 heteroatoms. The predicted molar refractivity (Wildman–Crippen MR) is 155 cm³/mol. The number of esters is 2. The third-order valence-electron chi connectivity index (χ3n) is 6.38. The number of aliphatic hydroxyl groups is 1. The summed E-state index contributed by atoms with van der Waals surface area (Å²) in [5.74, 6) is -0.260. The van der Waals surface area contributed by atoms with Gasteiger partial charge in [-0.3, -0.25) is 34.1 Å². The average Bonchev–Trinajstić information content (AvgIpc) is 3.52. The molecule has 2 aromatic rings. The molecule has 15 nitrogen and oxygen atoms in total. The van der Waals surface area contributed by atoms with Crippen molar-refractivity contribution in [3.63, 3.8) is 0 Å². The number of terminal acetylenes is 1. The number of H-pyrrole nitrogens is 1. The summed E-state index contributed by atoms with van der Waals surface area (Å²) < 4.78 is 24.1. The lowest BCUT2D eigenvalue weighted by Gasteiger charge is -2.30. The molecule has 0 radical (unpaired) electrons. The lowest BCUT2D eigenvalue weighted by molar-refractivity contribution is -0.192. The topological polar surface area (TPSA) is 205 Å². The Labute approximate surface area is 245 Å². The third-order valence-corrected chi connectivity index (χ3v) is 8.17. The number of carbonyl (C=O) groups is 2. The Morgan fingerprint density at radius 2 is 1.86 bits per heavy atom. The van der Waals surface area contributed by atoms with E-state index >= 15 is 0 Å². The van der Waals surface area contributed by atoms with Crippen LogP contribution in [0.3, 0.4) is 0 Å². The molecule has 6 N–H and O–H groups in total. The molecule has 5 atom stereocenters. The van der Waals surface area contributed by atoms with Gasteiger partial charge in [-0.25, -0.2) is 4.98 Å². The summed E-state index contributed by atoms with van der Waals surface area (Å²) >= 11 is 0. The quantitative estimate of drug-likeness (QED) is 0.0787. The number of anilines is 1. The molecule has 0 saturated carbocycles. The normalized spacial score (nSPS) is 21.7. The number of ether oxygens (including phenoxy) is 4. The Morgan fingerprint density at radius 1 is 1.26 bits per heavy atom. The highest BCUT2D eigenvalue weighted by molar-refractivity contribution is 7.53. The van der Waals surface area contributed by atoms with Crippen molar-refractivity contribution in [2.75, 3.05) is 25.3 Å². The van der Waals surface area contributed by atoms with Gasteiger partial charge in [-0.1, -0.05) is 26.7 Å². The lowest BCUT2D eigenvalue weighted by Crippen LogP contribution is -2.42.